The van der Waals surface area contributed by atoms with Crippen molar-refractivity contribution in [1.82, 2.24) is 0 Å². The lowest BCUT2D eigenvalue weighted by Crippen LogP contribution is -3.00. The molecule has 6 heteroatoms. The van der Waals surface area contributed by atoms with Gasteiger partial charge in [0, 0.05) is 17.7 Å². The molecule has 0 amide bonds. The summed E-state index contributed by atoms with van der Waals surface area (Å²) in [7, 11) is 0. The van der Waals surface area contributed by atoms with Crippen LogP contribution in [-0.2, 0) is 6.54 Å². The Morgan fingerprint density at radius 2 is 1.30 bits per heavy atom. The molecule has 2 aromatic rings. The fourth-order valence-electron chi connectivity index (χ4n) is 1.67. The van der Waals surface area contributed by atoms with Gasteiger partial charge in [-0.15, -0.1) is 0 Å². The van der Waals surface area contributed by atoms with Crippen LogP contribution in [-0.4, -0.2) is 22.2 Å². The third-order valence-electron chi connectivity index (χ3n) is 2.70. The van der Waals surface area contributed by atoms with Crippen LogP contribution >= 0.6 is 0 Å². The summed E-state index contributed by atoms with van der Waals surface area (Å²) in [5.74, 6) is -1.91. The fraction of sp³-hybridized carbons (Fsp3) is 0.0714. The lowest BCUT2D eigenvalue weighted by Gasteiger charge is -1.99. The van der Waals surface area contributed by atoms with Gasteiger partial charge in [0.2, 0.25) is 0 Å². The highest BCUT2D eigenvalue weighted by atomic mass is 35.5. The summed E-state index contributed by atoms with van der Waals surface area (Å²) in [4.78, 5) is 21.4. The van der Waals surface area contributed by atoms with E-state index in [2.05, 4.69) is 0 Å². The number of aromatic carboxylic acids is 2. The summed E-state index contributed by atoms with van der Waals surface area (Å²) < 4.78 is 1.82. The Balaban J connectivity index is 0.00000200. The lowest BCUT2D eigenvalue weighted by atomic mass is 10.1. The molecule has 1 aromatic heterocycles. The van der Waals surface area contributed by atoms with Crippen molar-refractivity contribution in [2.24, 2.45) is 0 Å². The van der Waals surface area contributed by atoms with Crippen LogP contribution in [0.25, 0.3) is 0 Å². The van der Waals surface area contributed by atoms with E-state index in [9.17, 15) is 9.59 Å². The smallest absolute Gasteiger partial charge is 0.336 e. The Labute approximate surface area is 121 Å². The zero-order chi connectivity index (χ0) is 13.8. The molecular weight excluding hydrogens is 282 g/mol. The number of rotatable bonds is 4. The molecule has 0 spiro atoms. The standard InChI is InChI=1S/C14H11NO4.ClH/c16-13(17)11-3-1-10(2-4-11)9-15-7-5-12(6-8-15)14(18)19;/h1-8H,9H2,(H-,16,17,18,19);1H. The van der Waals surface area contributed by atoms with Gasteiger partial charge in [-0.05, 0) is 12.1 Å². The second-order valence-electron chi connectivity index (χ2n) is 4.07. The molecule has 2 rings (SSSR count). The monoisotopic (exact) mass is 293 g/mol. The first-order chi connectivity index (χ1) is 9.06. The number of carboxylic acid groups (broad SMARTS) is 2. The maximum absolute atomic E-state index is 10.7. The summed E-state index contributed by atoms with van der Waals surface area (Å²) in [6.45, 7) is 0.555. The molecule has 1 heterocycles. The van der Waals surface area contributed by atoms with Crippen LogP contribution in [0.5, 0.6) is 0 Å². The van der Waals surface area contributed by atoms with Crippen LogP contribution < -0.4 is 17.0 Å². The van der Waals surface area contributed by atoms with Crippen molar-refractivity contribution in [1.29, 1.82) is 0 Å². The van der Waals surface area contributed by atoms with Crippen molar-refractivity contribution in [3.8, 4) is 0 Å². The van der Waals surface area contributed by atoms with Crippen LogP contribution in [0, 0.1) is 0 Å². The Morgan fingerprint density at radius 1 is 0.850 bits per heavy atom. The average molecular weight is 294 g/mol. The van der Waals surface area contributed by atoms with Gasteiger partial charge in [0.25, 0.3) is 0 Å². The largest absolute Gasteiger partial charge is 1.00 e. The Kier molecular flexibility index (Phi) is 5.23. The fourth-order valence-corrected chi connectivity index (χ4v) is 1.67. The number of carboxylic acids is 2. The Hall–Kier alpha value is -2.40. The van der Waals surface area contributed by atoms with Crippen molar-refractivity contribution in [2.45, 2.75) is 6.54 Å². The number of aromatic nitrogens is 1. The van der Waals surface area contributed by atoms with E-state index in [0.29, 0.717) is 6.54 Å². The van der Waals surface area contributed by atoms with Crippen LogP contribution in [0.2, 0.25) is 0 Å². The molecular formula is C14H12ClNO4. The lowest BCUT2D eigenvalue weighted by molar-refractivity contribution is -0.688. The molecule has 5 nitrogen and oxygen atoms in total. The second-order valence-corrected chi connectivity index (χ2v) is 4.07. The van der Waals surface area contributed by atoms with Crippen LogP contribution in [0.1, 0.15) is 26.3 Å². The minimum Gasteiger partial charge on any atom is -1.00 e. The number of hydrogen-bond donors (Lipinski definition) is 2. The van der Waals surface area contributed by atoms with Gasteiger partial charge in [-0.1, -0.05) is 12.1 Å². The normalized spacial score (nSPS) is 9.60. The van der Waals surface area contributed by atoms with E-state index in [1.807, 2.05) is 4.57 Å². The van der Waals surface area contributed by atoms with E-state index < -0.39 is 11.9 Å². The summed E-state index contributed by atoms with van der Waals surface area (Å²) in [5.41, 5.74) is 1.42. The minimum atomic E-state index is -0.960. The molecule has 20 heavy (non-hydrogen) atoms. The van der Waals surface area contributed by atoms with Gasteiger partial charge in [0.05, 0.1) is 11.1 Å². The van der Waals surface area contributed by atoms with Gasteiger partial charge in [0.15, 0.2) is 18.9 Å². The van der Waals surface area contributed by atoms with Crippen LogP contribution in [0.4, 0.5) is 0 Å². The second kappa shape index (κ2) is 6.68. The van der Waals surface area contributed by atoms with Gasteiger partial charge >= 0.3 is 11.9 Å². The van der Waals surface area contributed by atoms with Crippen molar-refractivity contribution >= 4 is 11.9 Å². The van der Waals surface area contributed by atoms with Crippen LogP contribution in [0.3, 0.4) is 0 Å². The van der Waals surface area contributed by atoms with Gasteiger partial charge in [-0.25, -0.2) is 14.2 Å². The van der Waals surface area contributed by atoms with E-state index in [1.165, 1.54) is 12.1 Å². The first-order valence-electron chi connectivity index (χ1n) is 5.61. The van der Waals surface area contributed by atoms with Crippen molar-refractivity contribution < 1.29 is 36.8 Å². The molecule has 1 aromatic carbocycles. The summed E-state index contributed by atoms with van der Waals surface area (Å²) in [6.07, 6.45) is 3.35. The maximum Gasteiger partial charge on any atom is 0.336 e. The van der Waals surface area contributed by atoms with Crippen molar-refractivity contribution in [3.63, 3.8) is 0 Å². The molecule has 0 saturated carbocycles. The molecule has 104 valence electrons. The van der Waals surface area contributed by atoms with E-state index in [1.54, 1.807) is 36.7 Å². The van der Waals surface area contributed by atoms with Gasteiger partial charge < -0.3 is 22.6 Å². The molecule has 0 bridgehead atoms. The summed E-state index contributed by atoms with van der Waals surface area (Å²) in [6, 6.07) is 9.61. The number of benzene rings is 1. The quantitative estimate of drug-likeness (QED) is 0.667. The highest BCUT2D eigenvalue weighted by Crippen LogP contribution is 2.04. The SMILES string of the molecule is O=C(O)c1ccc(C[n+]2ccc(C(=O)O)cc2)cc1.[Cl-]. The van der Waals surface area contributed by atoms with E-state index >= 15 is 0 Å². The average Bonchev–Trinajstić information content (AvgIpc) is 2.40. The number of hydrogen-bond acceptors (Lipinski definition) is 2. The molecule has 0 unspecified atom stereocenters. The highest BCUT2D eigenvalue weighted by molar-refractivity contribution is 5.87. The number of pyridine rings is 1. The van der Waals surface area contributed by atoms with E-state index in [0.717, 1.165) is 5.56 Å². The Morgan fingerprint density at radius 3 is 1.75 bits per heavy atom. The minimum absolute atomic E-state index is 0. The van der Waals surface area contributed by atoms with E-state index in [4.69, 9.17) is 10.2 Å². The number of nitrogens with zero attached hydrogens (tertiary/aromatic N) is 1. The third-order valence-corrected chi connectivity index (χ3v) is 2.70. The molecule has 0 atom stereocenters. The molecule has 0 radical (unpaired) electrons. The third kappa shape index (κ3) is 3.80. The van der Waals surface area contributed by atoms with E-state index in [-0.39, 0.29) is 23.5 Å². The zero-order valence-electron chi connectivity index (χ0n) is 10.4. The predicted octanol–water partition coefficient (Wildman–Crippen LogP) is -1.58. The van der Waals surface area contributed by atoms with Gasteiger partial charge in [-0.2, -0.15) is 0 Å². The maximum atomic E-state index is 10.7. The summed E-state index contributed by atoms with van der Waals surface area (Å²) in [5, 5.41) is 17.6. The zero-order valence-corrected chi connectivity index (χ0v) is 11.1. The van der Waals surface area contributed by atoms with Gasteiger partial charge in [-0.3, -0.25) is 0 Å². The molecule has 2 N–H and O–H groups in total. The molecule has 0 aliphatic rings. The molecule has 0 fully saturated rings. The topological polar surface area (TPSA) is 78.5 Å². The first kappa shape index (κ1) is 15.7. The molecule has 0 saturated heterocycles. The molecule has 0 aliphatic heterocycles. The first-order valence-corrected chi connectivity index (χ1v) is 5.61. The van der Waals surface area contributed by atoms with Crippen molar-refractivity contribution in [2.75, 3.05) is 0 Å². The van der Waals surface area contributed by atoms with Gasteiger partial charge in [0.1, 0.15) is 0 Å². The Bertz CT molecular complexity index is 553. The summed E-state index contributed by atoms with van der Waals surface area (Å²) >= 11 is 0. The predicted molar refractivity (Wildman–Crippen MR) is 66.1 cm³/mol. The van der Waals surface area contributed by atoms with Crippen molar-refractivity contribution in [3.05, 3.63) is 65.5 Å². The number of halogens is 1. The highest BCUT2D eigenvalue weighted by Gasteiger charge is 2.08. The number of carbonyl (C=O) groups is 2. The molecule has 0 aliphatic carbocycles. The van der Waals surface area contributed by atoms with Crippen LogP contribution in [0.15, 0.2) is 48.8 Å².